The molecule has 15 N–H and O–H groups in total. The van der Waals surface area contributed by atoms with Crippen molar-refractivity contribution in [1.29, 1.82) is 0 Å². The van der Waals surface area contributed by atoms with Crippen LogP contribution in [0.3, 0.4) is 0 Å². The van der Waals surface area contributed by atoms with Gasteiger partial charge in [0, 0.05) is 222 Å². The first-order chi connectivity index (χ1) is 41.4. The molecule has 0 atom stereocenters. The van der Waals surface area contributed by atoms with Gasteiger partial charge in [0.1, 0.15) is 0 Å². The highest BCUT2D eigenvalue weighted by Gasteiger charge is 2.18. The van der Waals surface area contributed by atoms with Crippen LogP contribution in [-0.2, 0) is 9.59 Å². The van der Waals surface area contributed by atoms with E-state index in [1.807, 2.05) is 48.9 Å². The number of unbranched alkanes of at least 4 members (excludes halogenated alkanes) is 16. The van der Waals surface area contributed by atoms with E-state index in [9.17, 15) is 9.59 Å². The van der Waals surface area contributed by atoms with Crippen LogP contribution in [0.1, 0.15) is 142 Å². The lowest BCUT2D eigenvalue weighted by atomic mass is 10.0. The molecule has 2 amide bonds. The minimum absolute atomic E-state index is 0.0970. The van der Waals surface area contributed by atoms with Gasteiger partial charge in [-0.15, -0.1) is 0 Å². The number of carbonyl (C=O) groups excluding carboxylic acids is 2. The number of carbonyl (C=O) groups is 2. The maximum Gasteiger partial charge on any atom is 0.222 e. The third-order valence-corrected chi connectivity index (χ3v) is 16.5. The lowest BCUT2D eigenvalue weighted by Gasteiger charge is -2.31. The number of rotatable bonds is 66. The summed E-state index contributed by atoms with van der Waals surface area (Å²) in [5, 5.41) is 15.9. The molecule has 0 aromatic heterocycles. The van der Waals surface area contributed by atoms with Gasteiger partial charge in [0.25, 0.3) is 0 Å². The molecule has 0 heterocycles. The van der Waals surface area contributed by atoms with E-state index in [2.05, 4.69) is 62.9 Å². The van der Waals surface area contributed by atoms with E-state index < -0.39 is 0 Å². The number of nitrogens with two attached hydrogens (primary N) is 5. The molecule has 0 saturated carbocycles. The second-order valence-electron chi connectivity index (χ2n) is 23.1. The summed E-state index contributed by atoms with van der Waals surface area (Å²) in [4.78, 5) is 41.1. The molecule has 0 radical (unpaired) electrons. The summed E-state index contributed by atoms with van der Waals surface area (Å²) in [6.45, 7) is 32.9. The highest BCUT2D eigenvalue weighted by molar-refractivity contribution is 6.13. The smallest absolute Gasteiger partial charge is 0.222 e. The zero-order chi connectivity index (χ0) is 63.1. The second kappa shape index (κ2) is 67.2. The number of halogens is 2. The highest BCUT2D eigenvalue weighted by atomic mass is 35.5. The van der Waals surface area contributed by atoms with Crippen LogP contribution in [0.2, 0.25) is 0 Å². The topological polar surface area (TPSA) is 254 Å². The SMILES string of the molecule is CCC(=O)NCCN(CCNC)CCN(Cl)CCN(CCNC)CCN(CCN)CCCCCN.CCCCCCCCCCCCCCCCCC(=O)N(CCN)CCN(CCN)CCN(CCNC)CCN(Cl)CCN(CCN)CCNC. The number of hydrogen-bond acceptors (Lipinski definition) is 19. The summed E-state index contributed by atoms with van der Waals surface area (Å²) < 4.78 is 3.80. The summed E-state index contributed by atoms with van der Waals surface area (Å²) in [6.07, 6.45) is 24.6. The van der Waals surface area contributed by atoms with Crippen molar-refractivity contribution in [2.45, 2.75) is 142 Å². The summed E-state index contributed by atoms with van der Waals surface area (Å²) >= 11 is 13.2. The molecular formula is C62H141Cl2N19O2. The fourth-order valence-electron chi connectivity index (χ4n) is 10.1. The Kier molecular flexibility index (Phi) is 68.0. The summed E-state index contributed by atoms with van der Waals surface area (Å²) in [5.41, 5.74) is 29.2. The molecule has 85 heavy (non-hydrogen) atoms. The molecule has 0 aromatic carbocycles. The van der Waals surface area contributed by atoms with Gasteiger partial charge >= 0.3 is 0 Å². The fraction of sp³-hybridized carbons (Fsp3) is 0.968. The Labute approximate surface area is 533 Å². The van der Waals surface area contributed by atoms with Crippen LogP contribution in [0.5, 0.6) is 0 Å². The predicted octanol–water partition coefficient (Wildman–Crippen LogP) is 3.15. The Morgan fingerprint density at radius 3 is 0.988 bits per heavy atom. The van der Waals surface area contributed by atoms with E-state index in [-0.39, 0.29) is 11.8 Å². The number of hydrogen-bond donors (Lipinski definition) is 10. The molecule has 510 valence electrons. The average molecular weight is 1260 g/mol. The molecule has 0 rings (SSSR count). The van der Waals surface area contributed by atoms with Gasteiger partial charge in [0.05, 0.1) is 0 Å². The van der Waals surface area contributed by atoms with Crippen molar-refractivity contribution >= 4 is 35.4 Å². The molecular weight excluding hydrogens is 1110 g/mol. The largest absolute Gasteiger partial charge is 0.355 e. The van der Waals surface area contributed by atoms with Crippen LogP contribution in [0, 0.1) is 0 Å². The van der Waals surface area contributed by atoms with E-state index in [0.29, 0.717) is 58.7 Å². The van der Waals surface area contributed by atoms with Gasteiger partial charge in [-0.25, -0.2) is 8.84 Å². The van der Waals surface area contributed by atoms with Crippen molar-refractivity contribution in [3.05, 3.63) is 0 Å². The fourth-order valence-corrected chi connectivity index (χ4v) is 10.5. The van der Waals surface area contributed by atoms with E-state index >= 15 is 0 Å². The van der Waals surface area contributed by atoms with Crippen molar-refractivity contribution in [2.24, 2.45) is 28.7 Å². The van der Waals surface area contributed by atoms with Crippen LogP contribution in [0.25, 0.3) is 0 Å². The van der Waals surface area contributed by atoms with Crippen molar-refractivity contribution in [2.75, 3.05) is 251 Å². The maximum atomic E-state index is 13.1. The van der Waals surface area contributed by atoms with Crippen molar-refractivity contribution in [3.8, 4) is 0 Å². The molecule has 0 aliphatic heterocycles. The molecule has 0 unspecified atom stereocenters. The van der Waals surface area contributed by atoms with Gasteiger partial charge in [-0.1, -0.05) is 110 Å². The lowest BCUT2D eigenvalue weighted by Crippen LogP contribution is -2.46. The van der Waals surface area contributed by atoms with Crippen molar-refractivity contribution in [1.82, 2.24) is 69.7 Å². The highest BCUT2D eigenvalue weighted by Crippen LogP contribution is 2.14. The normalized spacial score (nSPS) is 12.0. The van der Waals surface area contributed by atoms with Crippen LogP contribution >= 0.6 is 23.6 Å². The van der Waals surface area contributed by atoms with Gasteiger partial charge in [0.2, 0.25) is 11.8 Å². The molecule has 0 aliphatic rings. The van der Waals surface area contributed by atoms with Gasteiger partial charge in [-0.3, -0.25) is 34.1 Å². The number of nitrogens with one attached hydrogen (secondary N) is 5. The van der Waals surface area contributed by atoms with Crippen LogP contribution in [0.4, 0.5) is 0 Å². The first-order valence-corrected chi connectivity index (χ1v) is 34.9. The first kappa shape index (κ1) is 85.9. The van der Waals surface area contributed by atoms with Crippen molar-refractivity contribution in [3.63, 3.8) is 0 Å². The average Bonchev–Trinajstić information content (AvgIpc) is 3.53. The van der Waals surface area contributed by atoms with Gasteiger partial charge in [-0.05, 0) is 84.1 Å². The lowest BCUT2D eigenvalue weighted by molar-refractivity contribution is -0.131. The van der Waals surface area contributed by atoms with Gasteiger partial charge < -0.3 is 65.1 Å². The predicted molar refractivity (Wildman–Crippen MR) is 368 cm³/mol. The Morgan fingerprint density at radius 2 is 0.624 bits per heavy atom. The third kappa shape index (κ3) is 57.7. The molecule has 0 spiro atoms. The summed E-state index contributed by atoms with van der Waals surface area (Å²) in [5.74, 6) is 0.339. The van der Waals surface area contributed by atoms with E-state index in [0.717, 1.165) is 196 Å². The number of amides is 2. The summed E-state index contributed by atoms with van der Waals surface area (Å²) in [6, 6.07) is 0. The number of nitrogens with zero attached hydrogens (tertiary/aromatic N) is 9. The van der Waals surface area contributed by atoms with Crippen LogP contribution < -0.4 is 55.3 Å². The van der Waals surface area contributed by atoms with E-state index in [4.69, 9.17) is 52.2 Å². The maximum absolute atomic E-state index is 13.1. The minimum Gasteiger partial charge on any atom is -0.355 e. The molecule has 21 nitrogen and oxygen atoms in total. The van der Waals surface area contributed by atoms with E-state index in [1.54, 1.807) is 0 Å². The Balaban J connectivity index is 0. The zero-order valence-corrected chi connectivity index (χ0v) is 57.7. The molecule has 0 bridgehead atoms. The Bertz CT molecular complexity index is 1380. The second-order valence-corrected chi connectivity index (χ2v) is 24.0. The Hall–Kier alpha value is -1.16. The summed E-state index contributed by atoms with van der Waals surface area (Å²) in [7, 11) is 7.92. The minimum atomic E-state index is 0.0970. The van der Waals surface area contributed by atoms with Crippen LogP contribution in [-0.4, -0.2) is 306 Å². The van der Waals surface area contributed by atoms with E-state index in [1.165, 1.54) is 96.3 Å². The van der Waals surface area contributed by atoms with Gasteiger partial charge in [0.15, 0.2) is 0 Å². The molecule has 0 aliphatic carbocycles. The van der Waals surface area contributed by atoms with Crippen LogP contribution in [0.15, 0.2) is 0 Å². The molecule has 23 heteroatoms. The quantitative estimate of drug-likeness (QED) is 0.0310. The number of likely N-dealkylation sites (N-methyl/N-ethyl adjacent to an activating group) is 4. The third-order valence-electron chi connectivity index (χ3n) is 15.8. The standard InChI is InChI=1S/C38H85ClN10O.C24H56ClN9O/c1-4-5-6-7-8-9-10-11-12-13-14-15-16-17-18-19-38(50)48(27-22-42)35-32-46(26-21-41)30-31-47(29-24-44-3)34-37-49(39)36-33-45(25-20-40)28-23-43-2;1-4-24(35)30-12-17-32(15-10-28-2)20-22-34(25)23-21-33(16-11-29-3)19-18-31(14-9-27)13-7-5-6-8-26/h43-44H,4-37,40-42H2,1-3H3;28-29H,4-23,26-27H2,1-3H3,(H,30,35). The molecule has 0 aromatic rings. The van der Waals surface area contributed by atoms with Crippen molar-refractivity contribution < 1.29 is 9.59 Å². The Morgan fingerprint density at radius 1 is 0.318 bits per heavy atom. The molecule has 0 saturated heterocycles. The molecule has 0 fully saturated rings. The monoisotopic (exact) mass is 1250 g/mol. The zero-order valence-electron chi connectivity index (χ0n) is 56.2. The first-order valence-electron chi connectivity index (χ1n) is 34.2. The van der Waals surface area contributed by atoms with Gasteiger partial charge in [-0.2, -0.15) is 0 Å².